The van der Waals surface area contributed by atoms with Crippen molar-refractivity contribution < 1.29 is 23.8 Å². The molecule has 6 nitrogen and oxygen atoms in total. The molecule has 1 heterocycles. The van der Waals surface area contributed by atoms with Gasteiger partial charge < -0.3 is 19.1 Å². The monoisotopic (exact) mass is 273 g/mol. The fourth-order valence-electron chi connectivity index (χ4n) is 1.57. The Hall–Kier alpha value is -1.30. The molecule has 0 N–H and O–H groups in total. The zero-order chi connectivity index (χ0) is 14.6. The van der Waals surface area contributed by atoms with Gasteiger partial charge in [-0.2, -0.15) is 0 Å². The molecule has 0 aromatic rings. The number of carbonyl (C=O) groups excluding carboxylic acids is 2. The van der Waals surface area contributed by atoms with Crippen molar-refractivity contribution in [2.75, 3.05) is 26.8 Å². The van der Waals surface area contributed by atoms with E-state index in [9.17, 15) is 9.59 Å². The smallest absolute Gasteiger partial charge is 0.410 e. The standard InChI is InChI=1S/C13H23NO5/c1-9(11(15)17-5)8-18-10-6-14(7-10)12(16)19-13(2,3)4/h9-10H,6-8H2,1-5H3/t9-/m0/s1. The molecule has 1 aliphatic rings. The number of methoxy groups -OCH3 is 1. The van der Waals surface area contributed by atoms with Gasteiger partial charge in [-0.25, -0.2) is 4.79 Å². The van der Waals surface area contributed by atoms with Crippen LogP contribution in [0.25, 0.3) is 0 Å². The minimum Gasteiger partial charge on any atom is -0.469 e. The van der Waals surface area contributed by atoms with Gasteiger partial charge in [-0.15, -0.1) is 0 Å². The lowest BCUT2D eigenvalue weighted by molar-refractivity contribution is -0.149. The number of amides is 1. The van der Waals surface area contributed by atoms with Crippen molar-refractivity contribution in [2.45, 2.75) is 39.4 Å². The molecule has 1 amide bonds. The summed E-state index contributed by atoms with van der Waals surface area (Å²) < 4.78 is 15.4. The third-order valence-electron chi connectivity index (χ3n) is 2.69. The molecule has 0 aliphatic carbocycles. The second-order valence-electron chi connectivity index (χ2n) is 5.76. The normalized spacial score (nSPS) is 17.6. The number of carbonyl (C=O) groups is 2. The number of hydrogen-bond acceptors (Lipinski definition) is 5. The molecular weight excluding hydrogens is 250 g/mol. The van der Waals surface area contributed by atoms with Crippen molar-refractivity contribution in [1.82, 2.24) is 4.90 Å². The van der Waals surface area contributed by atoms with E-state index in [2.05, 4.69) is 4.74 Å². The summed E-state index contributed by atoms with van der Waals surface area (Å²) in [6.45, 7) is 8.55. The van der Waals surface area contributed by atoms with E-state index < -0.39 is 5.60 Å². The Morgan fingerprint density at radius 1 is 1.32 bits per heavy atom. The number of nitrogens with zero attached hydrogens (tertiary/aromatic N) is 1. The SMILES string of the molecule is COC(=O)[C@@H](C)COC1CN(C(=O)OC(C)(C)C)C1. The molecule has 0 bridgehead atoms. The molecule has 0 aromatic carbocycles. The zero-order valence-electron chi connectivity index (χ0n) is 12.3. The molecule has 1 fully saturated rings. The first kappa shape index (κ1) is 15.8. The maximum atomic E-state index is 11.7. The van der Waals surface area contributed by atoms with Crippen molar-refractivity contribution in [3.8, 4) is 0 Å². The van der Waals surface area contributed by atoms with E-state index in [1.807, 2.05) is 20.8 Å². The topological polar surface area (TPSA) is 65.1 Å². The number of hydrogen-bond donors (Lipinski definition) is 0. The molecule has 1 atom stereocenters. The predicted molar refractivity (Wildman–Crippen MR) is 68.7 cm³/mol. The molecule has 6 heteroatoms. The minimum atomic E-state index is -0.484. The van der Waals surface area contributed by atoms with Crippen molar-refractivity contribution in [1.29, 1.82) is 0 Å². The molecule has 1 rings (SSSR count). The fourth-order valence-corrected chi connectivity index (χ4v) is 1.57. The van der Waals surface area contributed by atoms with E-state index >= 15 is 0 Å². The average molecular weight is 273 g/mol. The van der Waals surface area contributed by atoms with E-state index in [-0.39, 0.29) is 24.1 Å². The molecule has 0 aromatic heterocycles. The highest BCUT2D eigenvalue weighted by atomic mass is 16.6. The number of likely N-dealkylation sites (tertiary alicyclic amines) is 1. The lowest BCUT2D eigenvalue weighted by Crippen LogP contribution is -2.56. The zero-order valence-corrected chi connectivity index (χ0v) is 12.3. The molecule has 110 valence electrons. The highest BCUT2D eigenvalue weighted by Crippen LogP contribution is 2.17. The predicted octanol–water partition coefficient (Wildman–Crippen LogP) is 1.43. The maximum Gasteiger partial charge on any atom is 0.410 e. The summed E-state index contributed by atoms with van der Waals surface area (Å²) >= 11 is 0. The molecule has 0 saturated carbocycles. The second kappa shape index (κ2) is 6.23. The quantitative estimate of drug-likeness (QED) is 0.725. The molecule has 0 spiro atoms. The van der Waals surface area contributed by atoms with Crippen LogP contribution in [0.3, 0.4) is 0 Å². The van der Waals surface area contributed by atoms with E-state index in [0.29, 0.717) is 19.7 Å². The summed E-state index contributed by atoms with van der Waals surface area (Å²) in [6.07, 6.45) is -0.354. The lowest BCUT2D eigenvalue weighted by atomic mass is 10.1. The Labute approximate surface area is 114 Å². The Balaban J connectivity index is 2.20. The Morgan fingerprint density at radius 2 is 1.89 bits per heavy atom. The van der Waals surface area contributed by atoms with Crippen LogP contribution in [0.1, 0.15) is 27.7 Å². The van der Waals surface area contributed by atoms with Crippen LogP contribution < -0.4 is 0 Å². The maximum absolute atomic E-state index is 11.7. The molecule has 1 aliphatic heterocycles. The van der Waals surface area contributed by atoms with Crippen LogP contribution in [0.2, 0.25) is 0 Å². The summed E-state index contributed by atoms with van der Waals surface area (Å²) in [5.74, 6) is -0.580. The fraction of sp³-hybridized carbons (Fsp3) is 0.846. The highest BCUT2D eigenvalue weighted by Gasteiger charge is 2.34. The molecule has 0 radical (unpaired) electrons. The van der Waals surface area contributed by atoms with Gasteiger partial charge in [0, 0.05) is 0 Å². The van der Waals surface area contributed by atoms with E-state index in [1.165, 1.54) is 7.11 Å². The largest absolute Gasteiger partial charge is 0.469 e. The summed E-state index contributed by atoms with van der Waals surface area (Å²) in [7, 11) is 1.35. The molecule has 19 heavy (non-hydrogen) atoms. The van der Waals surface area contributed by atoms with Crippen molar-refractivity contribution in [3.05, 3.63) is 0 Å². The van der Waals surface area contributed by atoms with Gasteiger partial charge in [0.15, 0.2) is 0 Å². The Kier molecular flexibility index (Phi) is 5.17. The van der Waals surface area contributed by atoms with Crippen LogP contribution in [0.5, 0.6) is 0 Å². The van der Waals surface area contributed by atoms with E-state index in [1.54, 1.807) is 11.8 Å². The minimum absolute atomic E-state index is 0.0281. The van der Waals surface area contributed by atoms with Gasteiger partial charge in [-0.3, -0.25) is 4.79 Å². The van der Waals surface area contributed by atoms with Gasteiger partial charge in [0.1, 0.15) is 5.60 Å². The third kappa shape index (κ3) is 5.06. The van der Waals surface area contributed by atoms with Crippen LogP contribution in [0.4, 0.5) is 4.79 Å². The van der Waals surface area contributed by atoms with Crippen molar-refractivity contribution in [2.24, 2.45) is 5.92 Å². The van der Waals surface area contributed by atoms with Crippen molar-refractivity contribution in [3.63, 3.8) is 0 Å². The van der Waals surface area contributed by atoms with Gasteiger partial charge in [0.25, 0.3) is 0 Å². The van der Waals surface area contributed by atoms with Crippen LogP contribution >= 0.6 is 0 Å². The number of rotatable bonds is 4. The van der Waals surface area contributed by atoms with Crippen LogP contribution in [0.15, 0.2) is 0 Å². The van der Waals surface area contributed by atoms with Crippen molar-refractivity contribution >= 4 is 12.1 Å². The Bertz CT molecular complexity index is 330. The first-order valence-electron chi connectivity index (χ1n) is 6.40. The third-order valence-corrected chi connectivity index (χ3v) is 2.69. The van der Waals surface area contributed by atoms with Crippen LogP contribution in [-0.4, -0.2) is 55.5 Å². The average Bonchev–Trinajstić information content (AvgIpc) is 2.22. The van der Waals surface area contributed by atoms with Crippen LogP contribution in [0, 0.1) is 5.92 Å². The summed E-state index contributed by atoms with van der Waals surface area (Å²) in [6, 6.07) is 0. The number of esters is 1. The Morgan fingerprint density at radius 3 is 2.37 bits per heavy atom. The van der Waals surface area contributed by atoms with Crippen LogP contribution in [-0.2, 0) is 19.0 Å². The summed E-state index contributed by atoms with van der Waals surface area (Å²) in [5.41, 5.74) is -0.484. The van der Waals surface area contributed by atoms with Gasteiger partial charge in [-0.05, 0) is 27.7 Å². The molecule has 1 saturated heterocycles. The van der Waals surface area contributed by atoms with Gasteiger partial charge in [0.2, 0.25) is 0 Å². The summed E-state index contributed by atoms with van der Waals surface area (Å²) in [5, 5.41) is 0. The lowest BCUT2D eigenvalue weighted by Gasteiger charge is -2.39. The molecule has 0 unspecified atom stereocenters. The van der Waals surface area contributed by atoms with Gasteiger partial charge in [0.05, 0.1) is 38.8 Å². The first-order valence-corrected chi connectivity index (χ1v) is 6.40. The van der Waals surface area contributed by atoms with E-state index in [0.717, 1.165) is 0 Å². The van der Waals surface area contributed by atoms with Gasteiger partial charge >= 0.3 is 12.1 Å². The molecular formula is C13H23NO5. The first-order chi connectivity index (χ1) is 8.73. The highest BCUT2D eigenvalue weighted by molar-refractivity contribution is 5.72. The second-order valence-corrected chi connectivity index (χ2v) is 5.76. The summed E-state index contributed by atoms with van der Waals surface area (Å²) in [4.78, 5) is 24.4. The number of ether oxygens (including phenoxy) is 3. The van der Waals surface area contributed by atoms with Gasteiger partial charge in [-0.1, -0.05) is 0 Å². The van der Waals surface area contributed by atoms with E-state index in [4.69, 9.17) is 9.47 Å².